The third-order valence-corrected chi connectivity index (χ3v) is 3.48. The summed E-state index contributed by atoms with van der Waals surface area (Å²) in [6.07, 6.45) is 0.152. The molecule has 0 aromatic carbocycles. The predicted molar refractivity (Wildman–Crippen MR) is 59.9 cm³/mol. The Balaban J connectivity index is 1.98. The first-order valence-electron chi connectivity index (χ1n) is 5.97. The first-order valence-corrected chi connectivity index (χ1v) is 5.97. The number of carboxylic acid groups (broad SMARTS) is 1. The fourth-order valence-corrected chi connectivity index (χ4v) is 2.69. The van der Waals surface area contributed by atoms with Crippen LogP contribution < -0.4 is 0 Å². The molecule has 7 nitrogen and oxygen atoms in total. The molecule has 2 aliphatic heterocycles. The van der Waals surface area contributed by atoms with Gasteiger partial charge in [-0.1, -0.05) is 0 Å². The molecule has 2 fully saturated rings. The van der Waals surface area contributed by atoms with Gasteiger partial charge in [-0.3, -0.25) is 14.5 Å². The highest BCUT2D eigenvalue weighted by Crippen LogP contribution is 2.38. The van der Waals surface area contributed by atoms with E-state index in [4.69, 9.17) is 9.84 Å². The Bertz CT molecular complexity index is 397. The smallest absolute Gasteiger partial charge is 0.408 e. The van der Waals surface area contributed by atoms with E-state index in [-0.39, 0.29) is 25.6 Å². The zero-order valence-electron chi connectivity index (χ0n) is 10.2. The van der Waals surface area contributed by atoms with Crippen LogP contribution in [0.4, 0.5) is 4.79 Å². The van der Waals surface area contributed by atoms with Crippen molar-refractivity contribution in [2.75, 3.05) is 26.2 Å². The standard InChI is InChI=1S/C11H16N2O5/c1-2-18-8(14)6-12-7-11(9(12)15)4-3-5-13(11)10(16)17/h2-7H2,1H3,(H,16,17). The van der Waals surface area contributed by atoms with Crippen molar-refractivity contribution in [3.63, 3.8) is 0 Å². The molecule has 1 atom stereocenters. The minimum absolute atomic E-state index is 0.0954. The number of likely N-dealkylation sites (tertiary alicyclic amines) is 2. The van der Waals surface area contributed by atoms with Crippen LogP contribution in [0.2, 0.25) is 0 Å². The van der Waals surface area contributed by atoms with Crippen LogP contribution >= 0.6 is 0 Å². The number of nitrogens with zero attached hydrogens (tertiary/aromatic N) is 2. The van der Waals surface area contributed by atoms with Crippen LogP contribution in [0, 0.1) is 0 Å². The summed E-state index contributed by atoms with van der Waals surface area (Å²) in [6.45, 7) is 2.54. The molecule has 2 saturated heterocycles. The van der Waals surface area contributed by atoms with E-state index in [9.17, 15) is 14.4 Å². The average molecular weight is 256 g/mol. The van der Waals surface area contributed by atoms with E-state index in [0.717, 1.165) is 0 Å². The molecule has 2 rings (SSSR count). The average Bonchev–Trinajstić information content (AvgIpc) is 2.75. The fourth-order valence-electron chi connectivity index (χ4n) is 2.69. The van der Waals surface area contributed by atoms with Gasteiger partial charge in [0.25, 0.3) is 5.91 Å². The molecule has 2 amide bonds. The number of hydrogen-bond donors (Lipinski definition) is 1. The number of carbonyl (C=O) groups excluding carboxylic acids is 2. The number of carbonyl (C=O) groups is 3. The molecule has 18 heavy (non-hydrogen) atoms. The molecule has 1 N–H and O–H groups in total. The van der Waals surface area contributed by atoms with Gasteiger partial charge in [-0.25, -0.2) is 4.79 Å². The van der Waals surface area contributed by atoms with Crippen LogP contribution in [0.5, 0.6) is 0 Å². The van der Waals surface area contributed by atoms with Gasteiger partial charge in [-0.15, -0.1) is 0 Å². The van der Waals surface area contributed by atoms with Gasteiger partial charge in [0, 0.05) is 6.54 Å². The van der Waals surface area contributed by atoms with E-state index in [2.05, 4.69) is 0 Å². The molecule has 100 valence electrons. The van der Waals surface area contributed by atoms with Crippen molar-refractivity contribution in [1.82, 2.24) is 9.80 Å². The van der Waals surface area contributed by atoms with E-state index >= 15 is 0 Å². The summed E-state index contributed by atoms with van der Waals surface area (Å²) >= 11 is 0. The van der Waals surface area contributed by atoms with Crippen molar-refractivity contribution >= 4 is 18.0 Å². The summed E-state index contributed by atoms with van der Waals surface area (Å²) < 4.78 is 4.76. The van der Waals surface area contributed by atoms with Crippen molar-refractivity contribution in [3.05, 3.63) is 0 Å². The van der Waals surface area contributed by atoms with Crippen molar-refractivity contribution in [2.24, 2.45) is 0 Å². The van der Waals surface area contributed by atoms with E-state index in [0.29, 0.717) is 19.4 Å². The van der Waals surface area contributed by atoms with Crippen molar-refractivity contribution in [3.8, 4) is 0 Å². The first kappa shape index (κ1) is 12.7. The van der Waals surface area contributed by atoms with Gasteiger partial charge in [0.1, 0.15) is 12.1 Å². The fraction of sp³-hybridized carbons (Fsp3) is 0.727. The third-order valence-electron chi connectivity index (χ3n) is 3.48. The molecule has 1 spiro atoms. The second-order valence-corrected chi connectivity index (χ2v) is 4.54. The molecule has 2 heterocycles. The summed E-state index contributed by atoms with van der Waals surface area (Å²) in [5.74, 6) is -0.740. The second-order valence-electron chi connectivity index (χ2n) is 4.54. The molecule has 0 saturated carbocycles. The molecule has 1 unspecified atom stereocenters. The van der Waals surface area contributed by atoms with E-state index < -0.39 is 17.6 Å². The maximum absolute atomic E-state index is 12.1. The number of hydrogen-bond acceptors (Lipinski definition) is 4. The normalized spacial score (nSPS) is 26.4. The van der Waals surface area contributed by atoms with E-state index in [1.165, 1.54) is 9.80 Å². The first-order chi connectivity index (χ1) is 8.51. The lowest BCUT2D eigenvalue weighted by Gasteiger charge is -2.49. The topological polar surface area (TPSA) is 87.2 Å². The van der Waals surface area contributed by atoms with Gasteiger partial charge in [0.2, 0.25) is 0 Å². The Morgan fingerprint density at radius 1 is 1.50 bits per heavy atom. The lowest BCUT2D eigenvalue weighted by atomic mass is 9.86. The monoisotopic (exact) mass is 256 g/mol. The maximum atomic E-state index is 12.1. The molecule has 0 aromatic rings. The molecule has 7 heteroatoms. The number of amides is 2. The van der Waals surface area contributed by atoms with Crippen LogP contribution in [-0.4, -0.2) is 64.7 Å². The van der Waals surface area contributed by atoms with Gasteiger partial charge in [0.05, 0.1) is 13.2 Å². The molecule has 0 radical (unpaired) electrons. The lowest BCUT2D eigenvalue weighted by molar-refractivity contribution is -0.166. The molecule has 2 aliphatic rings. The van der Waals surface area contributed by atoms with Crippen molar-refractivity contribution in [1.29, 1.82) is 0 Å². The Morgan fingerprint density at radius 2 is 2.22 bits per heavy atom. The van der Waals surface area contributed by atoms with Crippen LogP contribution in [0.3, 0.4) is 0 Å². The molecule has 0 bridgehead atoms. The van der Waals surface area contributed by atoms with E-state index in [1.807, 2.05) is 0 Å². The Kier molecular flexibility index (Phi) is 3.14. The van der Waals surface area contributed by atoms with Gasteiger partial charge in [0.15, 0.2) is 0 Å². The number of rotatable bonds is 3. The SMILES string of the molecule is CCOC(=O)CN1CC2(CCCN2C(=O)O)C1=O. The highest BCUT2D eigenvalue weighted by atomic mass is 16.5. The van der Waals surface area contributed by atoms with Gasteiger partial charge in [-0.05, 0) is 19.8 Å². The quantitative estimate of drug-likeness (QED) is 0.563. The summed E-state index contributed by atoms with van der Waals surface area (Å²) in [5.41, 5.74) is -0.918. The van der Waals surface area contributed by atoms with Gasteiger partial charge < -0.3 is 14.7 Å². The molecular weight excluding hydrogens is 240 g/mol. The van der Waals surface area contributed by atoms with Crippen LogP contribution in [0.1, 0.15) is 19.8 Å². The Hall–Kier alpha value is -1.79. The minimum atomic E-state index is -1.07. The summed E-state index contributed by atoms with van der Waals surface area (Å²) in [4.78, 5) is 36.9. The van der Waals surface area contributed by atoms with Crippen LogP contribution in [0.15, 0.2) is 0 Å². The number of ether oxygens (including phenoxy) is 1. The second kappa shape index (κ2) is 4.47. The van der Waals surface area contributed by atoms with Crippen molar-refractivity contribution < 1.29 is 24.2 Å². The third kappa shape index (κ3) is 1.79. The van der Waals surface area contributed by atoms with E-state index in [1.54, 1.807) is 6.92 Å². The van der Waals surface area contributed by atoms with Crippen LogP contribution in [-0.2, 0) is 14.3 Å². The largest absolute Gasteiger partial charge is 0.465 e. The van der Waals surface area contributed by atoms with Crippen molar-refractivity contribution in [2.45, 2.75) is 25.3 Å². The zero-order chi connectivity index (χ0) is 13.3. The number of β-lactam (4-membered cyclic amide) rings is 1. The lowest BCUT2D eigenvalue weighted by Crippen LogP contribution is -2.73. The Labute approximate surface area is 104 Å². The Morgan fingerprint density at radius 3 is 2.78 bits per heavy atom. The van der Waals surface area contributed by atoms with Crippen LogP contribution in [0.25, 0.3) is 0 Å². The molecule has 0 aromatic heterocycles. The highest BCUT2D eigenvalue weighted by Gasteiger charge is 2.60. The highest BCUT2D eigenvalue weighted by molar-refractivity contribution is 5.97. The predicted octanol–water partition coefficient (Wildman–Crippen LogP) is -0.0957. The summed E-state index contributed by atoms with van der Waals surface area (Å²) in [5, 5.41) is 9.05. The maximum Gasteiger partial charge on any atom is 0.408 e. The minimum Gasteiger partial charge on any atom is -0.465 e. The van der Waals surface area contributed by atoms with Gasteiger partial charge in [-0.2, -0.15) is 0 Å². The molecular formula is C11H16N2O5. The zero-order valence-corrected chi connectivity index (χ0v) is 10.2. The van der Waals surface area contributed by atoms with Gasteiger partial charge >= 0.3 is 12.1 Å². The summed E-state index contributed by atoms with van der Waals surface area (Å²) in [6, 6.07) is 0. The number of esters is 1. The molecule has 0 aliphatic carbocycles. The summed E-state index contributed by atoms with van der Waals surface area (Å²) in [7, 11) is 0.